The number of esters is 1. The summed E-state index contributed by atoms with van der Waals surface area (Å²) in [5, 5.41) is 3.17. The molecule has 0 bridgehead atoms. The fourth-order valence-corrected chi connectivity index (χ4v) is 3.71. The molecular formula is C23H21ClN2O3. The van der Waals surface area contributed by atoms with E-state index in [9.17, 15) is 9.59 Å². The summed E-state index contributed by atoms with van der Waals surface area (Å²) in [6.07, 6.45) is 2.32. The maximum Gasteiger partial charge on any atom is 0.345 e. The summed E-state index contributed by atoms with van der Waals surface area (Å²) in [7, 11) is 0. The monoisotopic (exact) mass is 408 g/mol. The molecule has 1 aliphatic carbocycles. The molecule has 148 valence electrons. The third-order valence-corrected chi connectivity index (χ3v) is 5.39. The fraction of sp³-hybridized carbons (Fsp3) is 0.217. The maximum atomic E-state index is 12.6. The second-order valence-corrected chi connectivity index (χ2v) is 7.64. The lowest BCUT2D eigenvalue weighted by Crippen LogP contribution is -2.12. The molecule has 0 spiro atoms. The molecule has 6 heteroatoms. The summed E-state index contributed by atoms with van der Waals surface area (Å²) in [4.78, 5) is 24.9. The molecule has 1 amide bonds. The first kappa shape index (κ1) is 19.3. The molecule has 0 aliphatic heterocycles. The van der Waals surface area contributed by atoms with E-state index < -0.39 is 0 Å². The van der Waals surface area contributed by atoms with Gasteiger partial charge in [-0.2, -0.15) is 0 Å². The first-order valence-electron chi connectivity index (χ1n) is 9.50. The number of aromatic nitrogens is 1. The zero-order chi connectivity index (χ0) is 20.5. The van der Waals surface area contributed by atoms with Gasteiger partial charge in [0.05, 0.1) is 16.1 Å². The van der Waals surface area contributed by atoms with Crippen molar-refractivity contribution in [3.05, 3.63) is 82.1 Å². The van der Waals surface area contributed by atoms with Gasteiger partial charge in [-0.05, 0) is 69.2 Å². The SMILES string of the molecule is Cc1cc(C(=O)Oc2ccc(NC(=O)c3ccccc3Cl)cc2)c(C)n1C1CC1. The molecule has 1 saturated carbocycles. The number of nitrogens with zero attached hydrogens (tertiary/aromatic N) is 1. The van der Waals surface area contributed by atoms with Crippen LogP contribution in [0.2, 0.25) is 5.02 Å². The van der Waals surface area contributed by atoms with E-state index in [4.69, 9.17) is 16.3 Å². The number of aryl methyl sites for hydroxylation is 1. The zero-order valence-corrected chi connectivity index (χ0v) is 17.0. The van der Waals surface area contributed by atoms with Crippen LogP contribution >= 0.6 is 11.6 Å². The van der Waals surface area contributed by atoms with Gasteiger partial charge in [-0.25, -0.2) is 4.79 Å². The number of hydrogen-bond acceptors (Lipinski definition) is 3. The maximum absolute atomic E-state index is 12.6. The number of halogens is 1. The molecule has 5 nitrogen and oxygen atoms in total. The molecule has 1 aromatic heterocycles. The molecule has 1 N–H and O–H groups in total. The third kappa shape index (κ3) is 4.05. The van der Waals surface area contributed by atoms with Crippen molar-refractivity contribution < 1.29 is 14.3 Å². The van der Waals surface area contributed by atoms with E-state index in [1.165, 1.54) is 0 Å². The highest BCUT2D eigenvalue weighted by Crippen LogP contribution is 2.38. The second kappa shape index (κ2) is 7.76. The summed E-state index contributed by atoms with van der Waals surface area (Å²) < 4.78 is 7.74. The Morgan fingerprint density at radius 3 is 2.38 bits per heavy atom. The number of carbonyl (C=O) groups is 2. The average Bonchev–Trinajstić information content (AvgIpc) is 3.48. The minimum atomic E-state index is -0.377. The summed E-state index contributed by atoms with van der Waals surface area (Å²) >= 11 is 6.05. The van der Waals surface area contributed by atoms with Gasteiger partial charge in [0.15, 0.2) is 0 Å². The highest BCUT2D eigenvalue weighted by molar-refractivity contribution is 6.34. The van der Waals surface area contributed by atoms with E-state index in [2.05, 4.69) is 9.88 Å². The van der Waals surface area contributed by atoms with E-state index in [0.29, 0.717) is 33.6 Å². The second-order valence-electron chi connectivity index (χ2n) is 7.23. The molecule has 29 heavy (non-hydrogen) atoms. The van der Waals surface area contributed by atoms with Crippen LogP contribution in [0.5, 0.6) is 5.75 Å². The van der Waals surface area contributed by atoms with Crippen molar-refractivity contribution in [3.8, 4) is 5.75 Å². The van der Waals surface area contributed by atoms with E-state index in [1.807, 2.05) is 19.9 Å². The van der Waals surface area contributed by atoms with Crippen LogP contribution in [0.4, 0.5) is 5.69 Å². The Morgan fingerprint density at radius 1 is 1.03 bits per heavy atom. The van der Waals surface area contributed by atoms with Gasteiger partial charge >= 0.3 is 5.97 Å². The molecule has 0 saturated heterocycles. The summed E-state index contributed by atoms with van der Waals surface area (Å²) in [6.45, 7) is 3.97. The van der Waals surface area contributed by atoms with Crippen molar-refractivity contribution in [2.24, 2.45) is 0 Å². The van der Waals surface area contributed by atoms with Crippen molar-refractivity contribution in [2.75, 3.05) is 5.32 Å². The van der Waals surface area contributed by atoms with Crippen LogP contribution in [0.25, 0.3) is 0 Å². The Balaban J connectivity index is 1.43. The van der Waals surface area contributed by atoms with Gasteiger partial charge < -0.3 is 14.6 Å². The number of nitrogens with one attached hydrogen (secondary N) is 1. The predicted molar refractivity (Wildman–Crippen MR) is 113 cm³/mol. The number of ether oxygens (including phenoxy) is 1. The van der Waals surface area contributed by atoms with Crippen LogP contribution in [-0.2, 0) is 0 Å². The quantitative estimate of drug-likeness (QED) is 0.443. The van der Waals surface area contributed by atoms with Gasteiger partial charge in [-0.1, -0.05) is 23.7 Å². The molecule has 0 radical (unpaired) electrons. The van der Waals surface area contributed by atoms with Crippen molar-refractivity contribution >= 4 is 29.2 Å². The smallest absolute Gasteiger partial charge is 0.345 e. The fourth-order valence-electron chi connectivity index (χ4n) is 3.49. The number of anilines is 1. The number of amides is 1. The van der Waals surface area contributed by atoms with E-state index >= 15 is 0 Å². The van der Waals surface area contributed by atoms with Crippen molar-refractivity contribution in [2.45, 2.75) is 32.7 Å². The Bertz CT molecular complexity index is 1080. The molecule has 4 rings (SSSR count). The number of benzene rings is 2. The summed E-state index contributed by atoms with van der Waals surface area (Å²) in [6, 6.07) is 15.9. The Morgan fingerprint density at radius 2 is 1.72 bits per heavy atom. The first-order valence-corrected chi connectivity index (χ1v) is 9.88. The Labute approximate surface area is 174 Å². The average molecular weight is 409 g/mol. The number of carbonyl (C=O) groups excluding carboxylic acids is 2. The lowest BCUT2D eigenvalue weighted by molar-refractivity contribution is 0.0733. The van der Waals surface area contributed by atoms with Crippen LogP contribution in [0.15, 0.2) is 54.6 Å². The van der Waals surface area contributed by atoms with Crippen molar-refractivity contribution in [1.82, 2.24) is 4.57 Å². The number of hydrogen-bond donors (Lipinski definition) is 1. The highest BCUT2D eigenvalue weighted by atomic mass is 35.5. The van der Waals surface area contributed by atoms with Crippen LogP contribution in [-0.4, -0.2) is 16.4 Å². The minimum Gasteiger partial charge on any atom is -0.423 e. The largest absolute Gasteiger partial charge is 0.423 e. The van der Waals surface area contributed by atoms with Crippen LogP contribution in [0, 0.1) is 13.8 Å². The van der Waals surface area contributed by atoms with E-state index in [0.717, 1.165) is 24.2 Å². The van der Waals surface area contributed by atoms with Gasteiger partial charge in [0.2, 0.25) is 0 Å². The van der Waals surface area contributed by atoms with E-state index in [-0.39, 0.29) is 11.9 Å². The van der Waals surface area contributed by atoms with E-state index in [1.54, 1.807) is 48.5 Å². The zero-order valence-electron chi connectivity index (χ0n) is 16.2. The van der Waals surface area contributed by atoms with Crippen molar-refractivity contribution in [1.29, 1.82) is 0 Å². The molecule has 0 atom stereocenters. The van der Waals surface area contributed by atoms with Gasteiger partial charge in [-0.3, -0.25) is 4.79 Å². The Hall–Kier alpha value is -3.05. The lowest BCUT2D eigenvalue weighted by atomic mass is 10.2. The lowest BCUT2D eigenvalue weighted by Gasteiger charge is -2.09. The molecule has 2 aromatic carbocycles. The number of rotatable bonds is 5. The molecule has 3 aromatic rings. The first-order chi connectivity index (χ1) is 13.9. The van der Waals surface area contributed by atoms with Crippen LogP contribution in [0.1, 0.15) is 51.0 Å². The highest BCUT2D eigenvalue weighted by Gasteiger charge is 2.28. The van der Waals surface area contributed by atoms with Gasteiger partial charge in [0, 0.05) is 23.1 Å². The normalized spacial score (nSPS) is 13.2. The van der Waals surface area contributed by atoms with Crippen LogP contribution in [0.3, 0.4) is 0 Å². The topological polar surface area (TPSA) is 60.3 Å². The minimum absolute atomic E-state index is 0.298. The Kier molecular flexibility index (Phi) is 5.16. The van der Waals surface area contributed by atoms with Crippen LogP contribution < -0.4 is 10.1 Å². The molecule has 1 heterocycles. The van der Waals surface area contributed by atoms with Crippen molar-refractivity contribution in [3.63, 3.8) is 0 Å². The molecule has 0 unspecified atom stereocenters. The predicted octanol–water partition coefficient (Wildman–Crippen LogP) is 5.56. The molecular weight excluding hydrogens is 388 g/mol. The van der Waals surface area contributed by atoms with Gasteiger partial charge in [-0.15, -0.1) is 0 Å². The van der Waals surface area contributed by atoms with Gasteiger partial charge in [0.25, 0.3) is 5.91 Å². The standard InChI is InChI=1S/C23H21ClN2O3/c1-14-13-20(15(2)26(14)17-9-10-17)23(28)29-18-11-7-16(8-12-18)25-22(27)19-5-3-4-6-21(19)24/h3-8,11-13,17H,9-10H2,1-2H3,(H,25,27). The molecule has 1 fully saturated rings. The van der Waals surface area contributed by atoms with Gasteiger partial charge in [0.1, 0.15) is 5.75 Å². The summed E-state index contributed by atoms with van der Waals surface area (Å²) in [5.74, 6) is -0.257. The third-order valence-electron chi connectivity index (χ3n) is 5.06. The summed E-state index contributed by atoms with van der Waals surface area (Å²) in [5.41, 5.74) is 3.59. The molecule has 1 aliphatic rings.